The van der Waals surface area contributed by atoms with Gasteiger partial charge in [0.1, 0.15) is 0 Å². The van der Waals surface area contributed by atoms with Crippen LogP contribution in [0.25, 0.3) is 0 Å². The lowest BCUT2D eigenvalue weighted by molar-refractivity contribution is 0.601. The average molecular weight is 563 g/mol. The predicted octanol–water partition coefficient (Wildman–Crippen LogP) is 8.57. The third-order valence-electron chi connectivity index (χ3n) is 5.93. The van der Waals surface area contributed by atoms with Gasteiger partial charge in [0.15, 0.2) is 0 Å². The first-order chi connectivity index (χ1) is 19.9. The van der Waals surface area contributed by atoms with Gasteiger partial charge < -0.3 is 16.0 Å². The lowest BCUT2D eigenvalue weighted by Crippen LogP contribution is -2.12. The molecule has 0 fully saturated rings. The zero-order valence-corrected chi connectivity index (χ0v) is 23.7. The summed E-state index contributed by atoms with van der Waals surface area (Å²) in [6.45, 7) is 6.38. The summed E-state index contributed by atoms with van der Waals surface area (Å²) in [4.78, 5) is 0.250. The Kier molecular flexibility index (Phi) is 10.2. The third kappa shape index (κ3) is 9.30. The van der Waals surface area contributed by atoms with E-state index in [-0.39, 0.29) is 4.90 Å². The summed E-state index contributed by atoms with van der Waals surface area (Å²) in [6.07, 6.45) is 1.84. The molecule has 0 atom stereocenters. The van der Waals surface area contributed by atoms with Gasteiger partial charge in [-0.15, -0.1) is 6.58 Å². The summed E-state index contributed by atoms with van der Waals surface area (Å²) in [7, 11) is -3.57. The molecule has 0 aromatic heterocycles. The largest absolute Gasteiger partial charge is 0.382 e. The van der Waals surface area contributed by atoms with Gasteiger partial charge in [0, 0.05) is 40.7 Å². The summed E-state index contributed by atoms with van der Waals surface area (Å²) in [5.41, 5.74) is 6.69. The van der Waals surface area contributed by atoms with Crippen LogP contribution >= 0.6 is 0 Å². The Morgan fingerprint density at radius 1 is 0.561 bits per heavy atom. The molecule has 6 nitrogen and oxygen atoms in total. The third-order valence-corrected chi connectivity index (χ3v) is 7.33. The molecule has 0 spiro atoms. The first-order valence-electron chi connectivity index (χ1n) is 13.2. The molecule has 5 aromatic carbocycles. The van der Waals surface area contributed by atoms with Crippen LogP contribution in [0, 0.1) is 6.92 Å². The molecule has 0 aliphatic carbocycles. The molecule has 0 aliphatic rings. The van der Waals surface area contributed by atoms with E-state index in [0.29, 0.717) is 5.69 Å². The second-order valence-electron chi connectivity index (χ2n) is 9.22. The smallest absolute Gasteiger partial charge is 0.261 e. The SMILES string of the molecule is C=CCNc1ccc(Nc2ccccc2)cc1.Cc1ccc(S(=O)(=O)Nc2ccc(Nc3ccccc3)cc2)cc1. The maximum atomic E-state index is 12.4. The normalized spacial score (nSPS) is 10.5. The molecule has 208 valence electrons. The fourth-order valence-corrected chi connectivity index (χ4v) is 4.85. The number of nitrogens with one attached hydrogen (secondary N) is 4. The summed E-state index contributed by atoms with van der Waals surface area (Å²) < 4.78 is 27.3. The number of anilines is 6. The van der Waals surface area contributed by atoms with E-state index in [1.165, 1.54) is 0 Å². The predicted molar refractivity (Wildman–Crippen MR) is 173 cm³/mol. The number of benzene rings is 5. The van der Waals surface area contributed by atoms with Crippen LogP contribution in [0.15, 0.2) is 151 Å². The fourth-order valence-electron chi connectivity index (χ4n) is 3.79. The molecule has 0 radical (unpaired) electrons. The Labute approximate surface area is 242 Å². The Hall–Kier alpha value is -5.01. The molecule has 0 saturated heterocycles. The summed E-state index contributed by atoms with van der Waals surface area (Å²) >= 11 is 0. The Morgan fingerprint density at radius 3 is 1.44 bits per heavy atom. The van der Waals surface area contributed by atoms with Gasteiger partial charge in [-0.05, 0) is 91.9 Å². The molecule has 0 saturated carbocycles. The molecule has 4 N–H and O–H groups in total. The Bertz CT molecular complexity index is 1610. The van der Waals surface area contributed by atoms with Crippen molar-refractivity contribution in [3.63, 3.8) is 0 Å². The van der Waals surface area contributed by atoms with Gasteiger partial charge in [0.25, 0.3) is 10.0 Å². The van der Waals surface area contributed by atoms with E-state index in [1.807, 2.05) is 85.8 Å². The van der Waals surface area contributed by atoms with Crippen LogP contribution in [0.5, 0.6) is 0 Å². The van der Waals surface area contributed by atoms with Crippen LogP contribution < -0.4 is 20.7 Å². The van der Waals surface area contributed by atoms with Crippen LogP contribution in [-0.2, 0) is 10.0 Å². The van der Waals surface area contributed by atoms with E-state index in [9.17, 15) is 8.42 Å². The first-order valence-corrected chi connectivity index (χ1v) is 14.7. The molecular formula is C34H34N4O2S. The van der Waals surface area contributed by atoms with E-state index in [1.54, 1.807) is 36.4 Å². The van der Waals surface area contributed by atoms with Crippen molar-refractivity contribution in [3.05, 3.63) is 152 Å². The molecule has 0 amide bonds. The van der Waals surface area contributed by atoms with E-state index in [2.05, 4.69) is 51.5 Å². The monoisotopic (exact) mass is 562 g/mol. The quantitative estimate of drug-likeness (QED) is 0.128. The second kappa shape index (κ2) is 14.4. The van der Waals surface area contributed by atoms with Crippen LogP contribution in [0.4, 0.5) is 34.1 Å². The van der Waals surface area contributed by atoms with E-state index < -0.39 is 10.0 Å². The highest BCUT2D eigenvalue weighted by molar-refractivity contribution is 7.92. The maximum absolute atomic E-state index is 12.4. The van der Waals surface area contributed by atoms with Crippen molar-refractivity contribution in [3.8, 4) is 0 Å². The Balaban J connectivity index is 0.000000201. The zero-order chi connectivity index (χ0) is 28.9. The van der Waals surface area contributed by atoms with Crippen molar-refractivity contribution in [2.24, 2.45) is 0 Å². The molecule has 0 bridgehead atoms. The molecule has 5 rings (SSSR count). The number of rotatable bonds is 10. The number of para-hydroxylation sites is 2. The molecule has 5 aromatic rings. The minimum absolute atomic E-state index is 0.250. The van der Waals surface area contributed by atoms with Crippen molar-refractivity contribution in [2.45, 2.75) is 11.8 Å². The maximum Gasteiger partial charge on any atom is 0.261 e. The van der Waals surface area contributed by atoms with Gasteiger partial charge in [0.2, 0.25) is 0 Å². The topological polar surface area (TPSA) is 82.3 Å². The van der Waals surface area contributed by atoms with Crippen LogP contribution in [0.2, 0.25) is 0 Å². The van der Waals surface area contributed by atoms with Gasteiger partial charge in [-0.2, -0.15) is 0 Å². The fraction of sp³-hybridized carbons (Fsp3) is 0.0588. The van der Waals surface area contributed by atoms with Gasteiger partial charge >= 0.3 is 0 Å². The highest BCUT2D eigenvalue weighted by atomic mass is 32.2. The lowest BCUT2D eigenvalue weighted by Gasteiger charge is -2.10. The van der Waals surface area contributed by atoms with Crippen LogP contribution in [0.1, 0.15) is 5.56 Å². The van der Waals surface area contributed by atoms with Gasteiger partial charge in [-0.1, -0.05) is 60.2 Å². The van der Waals surface area contributed by atoms with Gasteiger partial charge in [0.05, 0.1) is 4.90 Å². The molecule has 0 aliphatic heterocycles. The standard InChI is InChI=1S/C19H18N2O2S.C15H16N2/c1-15-7-13-19(14-8-15)24(22,23)21-18-11-9-17(10-12-18)20-16-5-3-2-4-6-16;1-2-12-16-13-8-10-15(11-9-13)17-14-6-4-3-5-7-14/h2-14,20-21H,1H3;2-11,16-17H,1,12H2. The minimum atomic E-state index is -3.57. The number of hydrogen-bond acceptors (Lipinski definition) is 5. The molecule has 41 heavy (non-hydrogen) atoms. The van der Waals surface area contributed by atoms with E-state index >= 15 is 0 Å². The summed E-state index contributed by atoms with van der Waals surface area (Å²) in [5.74, 6) is 0. The lowest BCUT2D eigenvalue weighted by atomic mass is 10.2. The molecule has 0 heterocycles. The molecular weight excluding hydrogens is 528 g/mol. The second-order valence-corrected chi connectivity index (χ2v) is 10.9. The molecule has 0 unspecified atom stereocenters. The van der Waals surface area contributed by atoms with E-state index in [4.69, 9.17) is 0 Å². The molecule has 7 heteroatoms. The van der Waals surface area contributed by atoms with E-state index in [0.717, 1.165) is 40.5 Å². The highest BCUT2D eigenvalue weighted by Crippen LogP contribution is 2.21. The van der Waals surface area contributed by atoms with Crippen molar-refractivity contribution < 1.29 is 8.42 Å². The number of hydrogen-bond donors (Lipinski definition) is 4. The zero-order valence-electron chi connectivity index (χ0n) is 22.9. The Morgan fingerprint density at radius 2 is 0.976 bits per heavy atom. The van der Waals surface area contributed by atoms with Crippen molar-refractivity contribution in [2.75, 3.05) is 27.2 Å². The highest BCUT2D eigenvalue weighted by Gasteiger charge is 2.13. The average Bonchev–Trinajstić information content (AvgIpc) is 2.99. The summed E-state index contributed by atoms with van der Waals surface area (Å²) in [5, 5.41) is 9.83. The van der Waals surface area contributed by atoms with Crippen LogP contribution in [0.3, 0.4) is 0 Å². The number of sulfonamides is 1. The summed E-state index contributed by atoms with van der Waals surface area (Å²) in [6, 6.07) is 42.0. The van der Waals surface area contributed by atoms with Crippen molar-refractivity contribution in [1.29, 1.82) is 0 Å². The van der Waals surface area contributed by atoms with Crippen molar-refractivity contribution in [1.82, 2.24) is 0 Å². The van der Waals surface area contributed by atoms with Gasteiger partial charge in [-0.3, -0.25) is 4.72 Å². The number of aryl methyl sites for hydroxylation is 1. The van der Waals surface area contributed by atoms with Crippen LogP contribution in [-0.4, -0.2) is 15.0 Å². The minimum Gasteiger partial charge on any atom is -0.382 e. The first kappa shape index (κ1) is 29.0. The van der Waals surface area contributed by atoms with Crippen molar-refractivity contribution >= 4 is 44.1 Å². The van der Waals surface area contributed by atoms with Gasteiger partial charge in [-0.25, -0.2) is 8.42 Å².